The average molecular weight is 494 g/mol. The van der Waals surface area contributed by atoms with Gasteiger partial charge in [0.2, 0.25) is 10.0 Å². The van der Waals surface area contributed by atoms with Gasteiger partial charge in [0.1, 0.15) is 11.6 Å². The molecule has 0 aliphatic carbocycles. The molecule has 1 aliphatic rings. The van der Waals surface area contributed by atoms with Gasteiger partial charge >= 0.3 is 0 Å². The van der Waals surface area contributed by atoms with Crippen molar-refractivity contribution in [2.75, 3.05) is 13.1 Å². The highest BCUT2D eigenvalue weighted by Crippen LogP contribution is 2.26. The zero-order chi connectivity index (χ0) is 23.8. The third kappa shape index (κ3) is 4.59. The molecule has 0 spiro atoms. The molecule has 0 bridgehead atoms. The fourth-order valence-electron chi connectivity index (χ4n) is 3.76. The Morgan fingerprint density at radius 2 is 1.91 bits per heavy atom. The molecule has 1 fully saturated rings. The molecule has 1 amide bonds. The Labute approximate surface area is 192 Å². The molecule has 11 heteroatoms. The van der Waals surface area contributed by atoms with Crippen molar-refractivity contribution < 1.29 is 26.4 Å². The molecule has 3 aromatic rings. The highest BCUT2D eigenvalue weighted by Gasteiger charge is 2.33. The number of thiazole rings is 1. The van der Waals surface area contributed by atoms with Crippen LogP contribution in [-0.4, -0.2) is 36.3 Å². The summed E-state index contributed by atoms with van der Waals surface area (Å²) in [5.74, 6) is -1.07. The molecule has 0 radical (unpaired) electrons. The number of aromatic nitrogens is 1. The molecule has 4 rings (SSSR count). The number of hydrogen-bond donors (Lipinski definition) is 0. The summed E-state index contributed by atoms with van der Waals surface area (Å²) in [6.07, 6.45) is 6.23. The van der Waals surface area contributed by atoms with Crippen molar-refractivity contribution in [2.45, 2.75) is 24.3 Å². The molecular formula is C22H18F3N3O3S2. The fourth-order valence-corrected chi connectivity index (χ4v) is 6.35. The summed E-state index contributed by atoms with van der Waals surface area (Å²) in [5, 5.41) is 0. The van der Waals surface area contributed by atoms with Gasteiger partial charge in [-0.15, -0.1) is 6.42 Å². The predicted molar refractivity (Wildman–Crippen MR) is 117 cm³/mol. The standard InChI is InChI=1S/C22H18F3N3O3S2/c1-2-9-28-20-18(25)11-16(24)12-19(20)32-22(28)26-21(29)14-4-3-10-27(13-14)33(30,31)17-7-5-15(23)6-8-17/h1,5-8,11-12,14H,3-4,9-10,13H2. The van der Waals surface area contributed by atoms with Gasteiger partial charge < -0.3 is 4.57 Å². The minimum atomic E-state index is -3.91. The number of fused-ring (bicyclic) bond motifs is 1. The van der Waals surface area contributed by atoms with E-state index in [1.165, 1.54) is 21.0 Å². The maximum Gasteiger partial charge on any atom is 0.252 e. The number of nitrogens with zero attached hydrogens (tertiary/aromatic N) is 3. The highest BCUT2D eigenvalue weighted by molar-refractivity contribution is 7.89. The third-order valence-electron chi connectivity index (χ3n) is 5.34. The third-order valence-corrected chi connectivity index (χ3v) is 8.24. The summed E-state index contributed by atoms with van der Waals surface area (Å²) in [6, 6.07) is 6.33. The summed E-state index contributed by atoms with van der Waals surface area (Å²) in [7, 11) is -3.91. The molecule has 33 heavy (non-hydrogen) atoms. The maximum absolute atomic E-state index is 14.4. The van der Waals surface area contributed by atoms with Gasteiger partial charge in [-0.1, -0.05) is 17.3 Å². The number of halogens is 3. The van der Waals surface area contributed by atoms with Crippen LogP contribution in [0.15, 0.2) is 46.3 Å². The van der Waals surface area contributed by atoms with Crippen LogP contribution in [-0.2, 0) is 21.4 Å². The minimum absolute atomic E-state index is 0.0510. The van der Waals surface area contributed by atoms with Crippen LogP contribution >= 0.6 is 11.3 Å². The van der Waals surface area contributed by atoms with Gasteiger partial charge in [0, 0.05) is 19.2 Å². The van der Waals surface area contributed by atoms with Gasteiger partial charge in [0.05, 0.1) is 27.6 Å². The topological polar surface area (TPSA) is 71.7 Å². The molecule has 0 saturated carbocycles. The molecule has 1 aliphatic heterocycles. The highest BCUT2D eigenvalue weighted by atomic mass is 32.2. The van der Waals surface area contributed by atoms with Gasteiger partial charge in [0.15, 0.2) is 10.6 Å². The Morgan fingerprint density at radius 1 is 1.18 bits per heavy atom. The van der Waals surface area contributed by atoms with Crippen LogP contribution in [0.2, 0.25) is 0 Å². The van der Waals surface area contributed by atoms with Crippen molar-refractivity contribution in [1.29, 1.82) is 0 Å². The lowest BCUT2D eigenvalue weighted by molar-refractivity contribution is -0.122. The van der Waals surface area contributed by atoms with Crippen LogP contribution in [0.3, 0.4) is 0 Å². The van der Waals surface area contributed by atoms with Gasteiger partial charge in [-0.3, -0.25) is 4.79 Å². The number of carbonyl (C=O) groups is 1. The van der Waals surface area contributed by atoms with E-state index in [2.05, 4.69) is 10.9 Å². The first-order chi connectivity index (χ1) is 15.7. The van der Waals surface area contributed by atoms with Gasteiger partial charge in [-0.25, -0.2) is 21.6 Å². The van der Waals surface area contributed by atoms with Crippen molar-refractivity contribution in [3.8, 4) is 12.3 Å². The molecule has 1 atom stereocenters. The number of terminal acetylenes is 1. The smallest absolute Gasteiger partial charge is 0.252 e. The predicted octanol–water partition coefficient (Wildman–Crippen LogP) is 3.28. The number of amides is 1. The normalized spacial score (nSPS) is 17.9. The Kier molecular flexibility index (Phi) is 6.43. The van der Waals surface area contributed by atoms with E-state index in [0.29, 0.717) is 12.8 Å². The van der Waals surface area contributed by atoms with E-state index in [4.69, 9.17) is 6.42 Å². The summed E-state index contributed by atoms with van der Waals surface area (Å²) >= 11 is 0.922. The van der Waals surface area contributed by atoms with E-state index in [9.17, 15) is 26.4 Å². The Hall–Kier alpha value is -2.94. The second kappa shape index (κ2) is 9.13. The number of carbonyl (C=O) groups excluding carboxylic acids is 1. The number of hydrogen-bond acceptors (Lipinski definition) is 4. The minimum Gasteiger partial charge on any atom is -0.302 e. The lowest BCUT2D eigenvalue weighted by Crippen LogP contribution is -2.42. The molecular weight excluding hydrogens is 475 g/mol. The van der Waals surface area contributed by atoms with Gasteiger partial charge in [-0.2, -0.15) is 9.30 Å². The molecule has 2 aromatic carbocycles. The van der Waals surface area contributed by atoms with Gasteiger partial charge in [0.25, 0.3) is 5.91 Å². The largest absolute Gasteiger partial charge is 0.302 e. The summed E-state index contributed by atoms with van der Waals surface area (Å²) in [6.45, 7) is 0.0451. The zero-order valence-corrected chi connectivity index (χ0v) is 18.8. The quantitative estimate of drug-likeness (QED) is 0.524. The van der Waals surface area contributed by atoms with Crippen LogP contribution in [0.4, 0.5) is 13.2 Å². The second-order valence-electron chi connectivity index (χ2n) is 7.52. The average Bonchev–Trinajstić information content (AvgIpc) is 3.11. The first-order valence-electron chi connectivity index (χ1n) is 9.97. The number of sulfonamides is 1. The molecule has 1 aromatic heterocycles. The van der Waals surface area contributed by atoms with E-state index < -0.39 is 39.3 Å². The zero-order valence-electron chi connectivity index (χ0n) is 17.2. The first kappa shape index (κ1) is 23.2. The maximum atomic E-state index is 14.4. The van der Waals surface area contributed by atoms with Crippen LogP contribution < -0.4 is 4.80 Å². The molecule has 6 nitrogen and oxygen atoms in total. The van der Waals surface area contributed by atoms with Crippen molar-refractivity contribution in [2.24, 2.45) is 10.9 Å². The van der Waals surface area contributed by atoms with E-state index in [-0.39, 0.29) is 39.5 Å². The van der Waals surface area contributed by atoms with Gasteiger partial charge in [-0.05, 0) is 43.2 Å². The van der Waals surface area contributed by atoms with Crippen LogP contribution in [0.5, 0.6) is 0 Å². The van der Waals surface area contributed by atoms with Crippen molar-refractivity contribution in [3.05, 3.63) is 58.7 Å². The number of rotatable bonds is 4. The first-order valence-corrected chi connectivity index (χ1v) is 12.2. The molecule has 172 valence electrons. The summed E-state index contributed by atoms with van der Waals surface area (Å²) < 4.78 is 69.7. The monoisotopic (exact) mass is 493 g/mol. The van der Waals surface area contributed by atoms with Crippen molar-refractivity contribution in [1.82, 2.24) is 8.87 Å². The Bertz CT molecular complexity index is 1440. The van der Waals surface area contributed by atoms with Crippen LogP contribution in [0, 0.1) is 35.7 Å². The fraction of sp³-hybridized carbons (Fsp3) is 0.273. The molecule has 1 saturated heterocycles. The summed E-state index contributed by atoms with van der Waals surface area (Å²) in [4.78, 5) is 17.1. The van der Waals surface area contributed by atoms with E-state index in [1.807, 2.05) is 0 Å². The van der Waals surface area contributed by atoms with E-state index in [1.54, 1.807) is 0 Å². The lowest BCUT2D eigenvalue weighted by Gasteiger charge is -2.30. The molecule has 2 heterocycles. The second-order valence-corrected chi connectivity index (χ2v) is 10.5. The van der Waals surface area contributed by atoms with Crippen LogP contribution in [0.1, 0.15) is 12.8 Å². The number of benzene rings is 2. The molecule has 1 unspecified atom stereocenters. The SMILES string of the molecule is C#CCn1c(=NC(=O)C2CCCN(S(=O)(=O)c3ccc(F)cc3)C2)sc2cc(F)cc(F)c21. The summed E-state index contributed by atoms with van der Waals surface area (Å²) in [5.41, 5.74) is 0.0510. The van der Waals surface area contributed by atoms with E-state index >= 15 is 0 Å². The van der Waals surface area contributed by atoms with Crippen LogP contribution in [0.25, 0.3) is 10.2 Å². The number of piperidine rings is 1. The Morgan fingerprint density at radius 3 is 2.61 bits per heavy atom. The molecule has 0 N–H and O–H groups in total. The Balaban J connectivity index is 1.65. The van der Waals surface area contributed by atoms with Crippen molar-refractivity contribution >= 4 is 37.5 Å². The lowest BCUT2D eigenvalue weighted by atomic mass is 9.99. The van der Waals surface area contributed by atoms with Crippen molar-refractivity contribution in [3.63, 3.8) is 0 Å². The van der Waals surface area contributed by atoms with E-state index in [0.717, 1.165) is 35.6 Å².